The number of hydrogen-bond donors (Lipinski definition) is 1. The maximum atomic E-state index is 6.37. The summed E-state index contributed by atoms with van der Waals surface area (Å²) in [5.74, 6) is 0. The smallest absolute Gasteiger partial charge is 0.0835 e. The molecule has 0 amide bonds. The highest BCUT2D eigenvalue weighted by atomic mass is 35.5. The maximum absolute atomic E-state index is 6.37. The van der Waals surface area contributed by atoms with Crippen molar-refractivity contribution in [3.05, 3.63) is 16.9 Å². The Morgan fingerprint density at radius 1 is 1.40 bits per heavy atom. The molecule has 1 aromatic rings. The van der Waals surface area contributed by atoms with Gasteiger partial charge in [-0.15, -0.1) is 0 Å². The highest BCUT2D eigenvalue weighted by Crippen LogP contribution is 2.35. The van der Waals surface area contributed by atoms with Crippen LogP contribution in [0.5, 0.6) is 0 Å². The predicted octanol–water partition coefficient (Wildman–Crippen LogP) is 3.66. The van der Waals surface area contributed by atoms with Gasteiger partial charge in [0, 0.05) is 13.2 Å². The average Bonchev–Trinajstić information content (AvgIpc) is 2.71. The van der Waals surface area contributed by atoms with E-state index in [2.05, 4.69) is 38.1 Å². The van der Waals surface area contributed by atoms with Gasteiger partial charge in [0.05, 0.1) is 29.1 Å². The molecular formula is C15H28ClN3O. The van der Waals surface area contributed by atoms with Crippen LogP contribution in [0.25, 0.3) is 0 Å². The lowest BCUT2D eigenvalue weighted by Crippen LogP contribution is -2.42. The molecule has 0 aliphatic carbocycles. The summed E-state index contributed by atoms with van der Waals surface area (Å²) in [4.78, 5) is 0. The Kier molecular flexibility index (Phi) is 6.49. The Bertz CT molecular complexity index is 412. The number of rotatable bonds is 7. The zero-order valence-corrected chi connectivity index (χ0v) is 14.3. The van der Waals surface area contributed by atoms with Crippen LogP contribution in [-0.4, -0.2) is 29.5 Å². The predicted molar refractivity (Wildman–Crippen MR) is 84.2 cm³/mol. The first-order valence-electron chi connectivity index (χ1n) is 7.36. The third kappa shape index (κ3) is 3.96. The number of aryl methyl sites for hydroxylation is 1. The number of nitrogens with one attached hydrogen (secondary N) is 1. The maximum Gasteiger partial charge on any atom is 0.0835 e. The van der Waals surface area contributed by atoms with Crippen LogP contribution < -0.4 is 5.32 Å². The molecule has 0 aliphatic heterocycles. The molecule has 0 aromatic carbocycles. The Balaban J connectivity index is 3.19. The average molecular weight is 302 g/mol. The first-order valence-corrected chi connectivity index (χ1v) is 7.74. The van der Waals surface area contributed by atoms with Gasteiger partial charge in [0.2, 0.25) is 0 Å². The first kappa shape index (κ1) is 17.5. The van der Waals surface area contributed by atoms with E-state index in [1.807, 2.05) is 18.7 Å². The van der Waals surface area contributed by atoms with E-state index in [1.165, 1.54) is 0 Å². The van der Waals surface area contributed by atoms with Crippen LogP contribution in [0.2, 0.25) is 5.02 Å². The van der Waals surface area contributed by atoms with Crippen molar-refractivity contribution in [3.63, 3.8) is 0 Å². The van der Waals surface area contributed by atoms with E-state index >= 15 is 0 Å². The summed E-state index contributed by atoms with van der Waals surface area (Å²) in [7, 11) is 1.95. The molecule has 20 heavy (non-hydrogen) atoms. The van der Waals surface area contributed by atoms with Crippen molar-refractivity contribution in [1.29, 1.82) is 0 Å². The quantitative estimate of drug-likeness (QED) is 0.835. The van der Waals surface area contributed by atoms with Gasteiger partial charge in [0.1, 0.15) is 0 Å². The van der Waals surface area contributed by atoms with Gasteiger partial charge in [-0.05, 0) is 25.8 Å². The van der Waals surface area contributed by atoms with Crippen LogP contribution in [0.4, 0.5) is 0 Å². The molecule has 0 fully saturated rings. The largest absolute Gasteiger partial charge is 0.376 e. The van der Waals surface area contributed by atoms with Gasteiger partial charge in [0.25, 0.3) is 0 Å². The summed E-state index contributed by atoms with van der Waals surface area (Å²) in [6, 6.07) is 0.0245. The fourth-order valence-corrected chi connectivity index (χ4v) is 2.79. The molecule has 2 atom stereocenters. The van der Waals surface area contributed by atoms with Crippen molar-refractivity contribution < 1.29 is 4.74 Å². The summed E-state index contributed by atoms with van der Waals surface area (Å²) in [5, 5.41) is 8.45. The lowest BCUT2D eigenvalue weighted by Gasteiger charge is -2.37. The van der Waals surface area contributed by atoms with Crippen LogP contribution in [0, 0.1) is 5.41 Å². The van der Waals surface area contributed by atoms with Gasteiger partial charge in [-0.25, -0.2) is 0 Å². The lowest BCUT2D eigenvalue weighted by atomic mass is 9.83. The number of nitrogens with zero attached hydrogens (tertiary/aromatic N) is 2. The zero-order valence-electron chi connectivity index (χ0n) is 13.5. The Labute approximate surface area is 127 Å². The SMILES string of the molecule is CCCn1ncc(Cl)c1C(NC)C(OCC)C(C)(C)C. The molecule has 5 heteroatoms. The minimum atomic E-state index is 0.00826. The molecule has 4 nitrogen and oxygen atoms in total. The fourth-order valence-electron chi connectivity index (χ4n) is 2.53. The third-order valence-electron chi connectivity index (χ3n) is 3.38. The molecule has 116 valence electrons. The summed E-state index contributed by atoms with van der Waals surface area (Å²) in [5.41, 5.74) is 1.03. The topological polar surface area (TPSA) is 39.1 Å². The summed E-state index contributed by atoms with van der Waals surface area (Å²) in [6.45, 7) is 12.3. The van der Waals surface area contributed by atoms with Gasteiger partial charge in [0.15, 0.2) is 0 Å². The van der Waals surface area contributed by atoms with E-state index in [-0.39, 0.29) is 17.6 Å². The molecule has 1 rings (SSSR count). The van der Waals surface area contributed by atoms with E-state index in [0.29, 0.717) is 11.6 Å². The molecule has 0 bridgehead atoms. The van der Waals surface area contributed by atoms with E-state index in [1.54, 1.807) is 6.20 Å². The molecule has 0 saturated heterocycles. The number of aromatic nitrogens is 2. The Hall–Kier alpha value is -0.580. The van der Waals surface area contributed by atoms with Crippen LogP contribution >= 0.6 is 11.6 Å². The van der Waals surface area contributed by atoms with E-state index in [9.17, 15) is 0 Å². The monoisotopic (exact) mass is 301 g/mol. The van der Waals surface area contributed by atoms with Gasteiger partial charge < -0.3 is 10.1 Å². The van der Waals surface area contributed by atoms with Crippen molar-refractivity contribution >= 4 is 11.6 Å². The zero-order chi connectivity index (χ0) is 15.3. The standard InChI is InChI=1S/C15H28ClN3O/c1-7-9-19-13(11(16)10-18-19)12(17-6)14(20-8-2)15(3,4)5/h10,12,14,17H,7-9H2,1-6H3. The molecule has 1 aromatic heterocycles. The van der Waals surface area contributed by atoms with Gasteiger partial charge in [-0.3, -0.25) is 4.68 Å². The fraction of sp³-hybridized carbons (Fsp3) is 0.800. The number of likely N-dealkylation sites (N-methyl/N-ethyl adjacent to an activating group) is 1. The number of hydrogen-bond acceptors (Lipinski definition) is 3. The summed E-state index contributed by atoms with van der Waals surface area (Å²) < 4.78 is 8.00. The second kappa shape index (κ2) is 7.43. The van der Waals surface area contributed by atoms with Gasteiger partial charge >= 0.3 is 0 Å². The summed E-state index contributed by atoms with van der Waals surface area (Å²) >= 11 is 6.37. The van der Waals surface area contributed by atoms with Crippen molar-refractivity contribution in [2.45, 2.75) is 59.7 Å². The van der Waals surface area contributed by atoms with Crippen LogP contribution in [-0.2, 0) is 11.3 Å². The molecule has 0 aliphatic rings. The van der Waals surface area contributed by atoms with E-state index in [4.69, 9.17) is 16.3 Å². The molecule has 0 spiro atoms. The van der Waals surface area contributed by atoms with E-state index < -0.39 is 0 Å². The van der Waals surface area contributed by atoms with Crippen LogP contribution in [0.15, 0.2) is 6.20 Å². The minimum Gasteiger partial charge on any atom is -0.376 e. The first-order chi connectivity index (χ1) is 9.36. The highest BCUT2D eigenvalue weighted by Gasteiger charge is 2.36. The van der Waals surface area contributed by atoms with Crippen molar-refractivity contribution in [2.24, 2.45) is 5.41 Å². The van der Waals surface area contributed by atoms with Crippen molar-refractivity contribution in [3.8, 4) is 0 Å². The molecule has 1 heterocycles. The molecule has 1 N–H and O–H groups in total. The third-order valence-corrected chi connectivity index (χ3v) is 3.67. The molecule has 2 unspecified atom stereocenters. The molecular weight excluding hydrogens is 274 g/mol. The van der Waals surface area contributed by atoms with Crippen LogP contribution in [0.1, 0.15) is 52.8 Å². The second-order valence-corrected chi connectivity index (χ2v) is 6.52. The number of ether oxygens (including phenoxy) is 1. The van der Waals surface area contributed by atoms with E-state index in [0.717, 1.165) is 18.7 Å². The lowest BCUT2D eigenvalue weighted by molar-refractivity contribution is -0.0368. The minimum absolute atomic E-state index is 0.00826. The van der Waals surface area contributed by atoms with Gasteiger partial charge in [-0.1, -0.05) is 39.3 Å². The summed E-state index contributed by atoms with van der Waals surface area (Å²) in [6.07, 6.45) is 2.78. The molecule has 0 radical (unpaired) electrons. The number of halogens is 1. The molecule has 0 saturated carbocycles. The Morgan fingerprint density at radius 3 is 2.50 bits per heavy atom. The normalized spacial score (nSPS) is 15.3. The van der Waals surface area contributed by atoms with Gasteiger partial charge in [-0.2, -0.15) is 5.10 Å². The second-order valence-electron chi connectivity index (χ2n) is 6.11. The highest BCUT2D eigenvalue weighted by molar-refractivity contribution is 6.31. The van der Waals surface area contributed by atoms with Crippen molar-refractivity contribution in [1.82, 2.24) is 15.1 Å². The van der Waals surface area contributed by atoms with Crippen LogP contribution in [0.3, 0.4) is 0 Å². The Morgan fingerprint density at radius 2 is 2.05 bits per heavy atom. The van der Waals surface area contributed by atoms with Crippen molar-refractivity contribution in [2.75, 3.05) is 13.7 Å².